The van der Waals surface area contributed by atoms with E-state index in [1.54, 1.807) is 0 Å². The van der Waals surface area contributed by atoms with Gasteiger partial charge in [0.1, 0.15) is 11.3 Å². The maximum absolute atomic E-state index is 6.20. The van der Waals surface area contributed by atoms with E-state index < -0.39 is 0 Å². The lowest BCUT2D eigenvalue weighted by atomic mass is 9.88. The van der Waals surface area contributed by atoms with Gasteiger partial charge in [0.15, 0.2) is 11.6 Å². The van der Waals surface area contributed by atoms with Crippen LogP contribution in [-0.2, 0) is 51.4 Å². The Morgan fingerprint density at radius 1 is 0.202 bits per heavy atom. The van der Waals surface area contributed by atoms with Gasteiger partial charge < -0.3 is 9.97 Å². The molecule has 0 saturated heterocycles. The van der Waals surface area contributed by atoms with Gasteiger partial charge in [0.25, 0.3) is 0 Å². The first-order chi connectivity index (χ1) is 51.4. The van der Waals surface area contributed by atoms with Gasteiger partial charge >= 0.3 is 0 Å². The van der Waals surface area contributed by atoms with Crippen molar-refractivity contribution in [1.82, 2.24) is 29.9 Å². The van der Waals surface area contributed by atoms with Crippen molar-refractivity contribution in [3.8, 4) is 45.3 Å². The van der Waals surface area contributed by atoms with Gasteiger partial charge in [-0.2, -0.15) is 0 Å². The van der Waals surface area contributed by atoms with Crippen LogP contribution in [0.25, 0.3) is 89.2 Å². The summed E-state index contributed by atoms with van der Waals surface area (Å²) < 4.78 is 0. The van der Waals surface area contributed by atoms with Crippen molar-refractivity contribution in [3.05, 3.63) is 105 Å². The van der Waals surface area contributed by atoms with E-state index in [0.29, 0.717) is 0 Å². The molecular formula is C98H148N6. The van der Waals surface area contributed by atoms with Gasteiger partial charge in [-0.25, -0.2) is 19.9 Å². The minimum absolute atomic E-state index is 0.844. The average Bonchev–Trinajstić information content (AvgIpc) is 1.58. The Bertz CT molecular complexity index is 3320. The van der Waals surface area contributed by atoms with E-state index in [9.17, 15) is 0 Å². The summed E-state index contributed by atoms with van der Waals surface area (Å²) >= 11 is 0. The highest BCUT2D eigenvalue weighted by atomic mass is 15.0. The molecule has 9 rings (SSSR count). The summed E-state index contributed by atoms with van der Waals surface area (Å²) in [5.41, 5.74) is 23.2. The topological polar surface area (TPSA) is 83.1 Å². The Labute approximate surface area is 635 Å². The van der Waals surface area contributed by atoms with Crippen molar-refractivity contribution in [2.45, 2.75) is 415 Å². The molecule has 2 aliphatic heterocycles. The molecule has 0 fully saturated rings. The zero-order valence-electron chi connectivity index (χ0n) is 68.2. The molecule has 0 radical (unpaired) electrons. The number of nitrogens with zero attached hydrogens (tertiary/aromatic N) is 4. The highest BCUT2D eigenvalue weighted by Crippen LogP contribution is 2.47. The molecule has 6 heteroatoms. The fourth-order valence-corrected chi connectivity index (χ4v) is 17.6. The molecule has 104 heavy (non-hydrogen) atoms. The molecule has 0 saturated carbocycles. The fraction of sp³-hybridized carbons (Fsp3) is 0.653. The number of fused-ring (bicyclic) bond motifs is 20. The maximum atomic E-state index is 6.20. The summed E-state index contributed by atoms with van der Waals surface area (Å²) in [6.45, 7) is 18.7. The Balaban J connectivity index is 1.42. The van der Waals surface area contributed by atoms with Crippen LogP contribution in [0.1, 0.15) is 408 Å². The maximum Gasteiger partial charge on any atom is 0.165 e. The van der Waals surface area contributed by atoms with E-state index in [4.69, 9.17) is 19.9 Å². The molecule has 3 aromatic heterocycles. The third kappa shape index (κ3) is 24.2. The molecule has 2 N–H and O–H groups in total. The van der Waals surface area contributed by atoms with E-state index in [2.05, 4.69) is 126 Å². The minimum Gasteiger partial charge on any atom is -0.339 e. The average molecular weight is 1410 g/mol. The summed E-state index contributed by atoms with van der Waals surface area (Å²) in [7, 11) is 0. The molecular weight excluding hydrogens is 1260 g/mol. The number of aryl methyl sites for hydroxylation is 8. The molecule has 5 heterocycles. The van der Waals surface area contributed by atoms with Crippen molar-refractivity contribution >= 4 is 43.9 Å². The van der Waals surface area contributed by atoms with Crippen LogP contribution in [0.5, 0.6) is 0 Å². The molecule has 0 aliphatic carbocycles. The first-order valence-electron chi connectivity index (χ1n) is 45.1. The quantitative estimate of drug-likeness (QED) is 0.0372. The number of aromatic nitrogens is 6. The Hall–Kier alpha value is -5.62. The van der Waals surface area contributed by atoms with Gasteiger partial charge in [-0.05, 0) is 159 Å². The summed E-state index contributed by atoms with van der Waals surface area (Å²) in [5.74, 6) is 1.69. The second-order valence-electron chi connectivity index (χ2n) is 32.6. The molecule has 4 aromatic carbocycles. The second-order valence-corrected chi connectivity index (χ2v) is 32.6. The largest absolute Gasteiger partial charge is 0.339 e. The summed E-state index contributed by atoms with van der Waals surface area (Å²) in [5, 5.41) is 5.34. The van der Waals surface area contributed by atoms with Crippen LogP contribution in [-0.4, -0.2) is 29.9 Å². The lowest BCUT2D eigenvalue weighted by Gasteiger charge is -2.14. The van der Waals surface area contributed by atoms with Crippen molar-refractivity contribution < 1.29 is 0 Å². The molecule has 0 atom stereocenters. The number of hydrogen-bond acceptors (Lipinski definition) is 4. The SMILES string of the molecule is CCCCCCCCc1ccc(CCCCCCCC)c2c1-c1cc3[nH]c(nc4nc(nc5[nH]c(cc-2n1)c1c(CCCCCCCC)ccc(CCCCCCCC)c51)-c1c(CCCCCCCC)ccc(CCCCCCCC)c1-4)c1c(CCCCCCCC)ccc(CCCCCCCC)c31. The van der Waals surface area contributed by atoms with E-state index in [1.165, 1.54) is 395 Å². The first-order valence-corrected chi connectivity index (χ1v) is 45.1. The molecule has 570 valence electrons. The molecule has 7 aromatic rings. The van der Waals surface area contributed by atoms with Crippen molar-refractivity contribution in [2.75, 3.05) is 0 Å². The molecule has 0 unspecified atom stereocenters. The Kier molecular flexibility index (Phi) is 37.4. The van der Waals surface area contributed by atoms with Crippen LogP contribution in [0.3, 0.4) is 0 Å². The van der Waals surface area contributed by atoms with Crippen LogP contribution in [0.15, 0.2) is 60.7 Å². The smallest absolute Gasteiger partial charge is 0.165 e. The number of benzene rings is 4. The molecule has 0 amide bonds. The van der Waals surface area contributed by atoms with Crippen LogP contribution >= 0.6 is 0 Å². The highest BCUT2D eigenvalue weighted by molar-refractivity contribution is 6.12. The number of unbranched alkanes of at least 4 members (excludes halogenated alkanes) is 40. The van der Waals surface area contributed by atoms with Crippen LogP contribution in [0, 0.1) is 0 Å². The monoisotopic (exact) mass is 1410 g/mol. The number of hydrogen-bond donors (Lipinski definition) is 2. The number of rotatable bonds is 56. The predicted molar refractivity (Wildman–Crippen MR) is 457 cm³/mol. The zero-order chi connectivity index (χ0) is 72.8. The summed E-state index contributed by atoms with van der Waals surface area (Å²) in [6, 6.07) is 25.4. The van der Waals surface area contributed by atoms with Gasteiger partial charge in [0.2, 0.25) is 0 Å². The molecule has 0 spiro atoms. The number of H-pyrrole nitrogens is 2. The van der Waals surface area contributed by atoms with E-state index in [0.717, 1.165) is 98.5 Å². The van der Waals surface area contributed by atoms with Crippen molar-refractivity contribution in [2.24, 2.45) is 0 Å². The summed E-state index contributed by atoms with van der Waals surface area (Å²) in [4.78, 5) is 33.2. The lowest BCUT2D eigenvalue weighted by molar-refractivity contribution is 0.606. The summed E-state index contributed by atoms with van der Waals surface area (Å²) in [6.07, 6.45) is 69.4. The van der Waals surface area contributed by atoms with E-state index in [-0.39, 0.29) is 0 Å². The molecule has 2 aliphatic rings. The van der Waals surface area contributed by atoms with Gasteiger partial charge in [0.05, 0.1) is 22.4 Å². The third-order valence-corrected chi connectivity index (χ3v) is 23.8. The van der Waals surface area contributed by atoms with Crippen molar-refractivity contribution in [3.63, 3.8) is 0 Å². The Morgan fingerprint density at radius 3 is 0.654 bits per heavy atom. The van der Waals surface area contributed by atoms with Gasteiger partial charge in [-0.1, -0.05) is 361 Å². The second kappa shape index (κ2) is 47.2. The Morgan fingerprint density at radius 2 is 0.404 bits per heavy atom. The zero-order valence-corrected chi connectivity index (χ0v) is 68.2. The molecule has 8 bridgehead atoms. The first kappa shape index (κ1) is 82.4. The predicted octanol–water partition coefficient (Wildman–Crippen LogP) is 31.3. The standard InChI is InChI=1S/C98H148N6/c1-9-17-25-33-41-49-57-75-65-66-76(58-50-42-34-26-18-10-2)88-84-74-86-90-78(60-52-44-36-28-20-12-4)68-70-80(62-54-46-38-30-22-14-6)92(90)96(101-86)103-98-94-82(64-56-48-40-32-24-16-8)72-71-81(63-55-47-39-31-23-15-7)93(94)97(104-98)102-95-91-79(61-53-45-37-29-21-13-5)69-67-77(59-51-43-35-27-19-11-3)89(91)85(100-95)73-83(99-84)87(75)88/h65-74H,9-64H2,1-8H3,(H2,100,101,102,103,104). The van der Waals surface area contributed by atoms with E-state index >= 15 is 0 Å². The number of aromatic amines is 2. The normalized spacial score (nSPS) is 12.1. The van der Waals surface area contributed by atoms with Crippen LogP contribution in [0.2, 0.25) is 0 Å². The van der Waals surface area contributed by atoms with Crippen molar-refractivity contribution in [1.29, 1.82) is 0 Å². The van der Waals surface area contributed by atoms with E-state index in [1.807, 2.05) is 0 Å². The van der Waals surface area contributed by atoms with Crippen LogP contribution < -0.4 is 0 Å². The molecule has 6 nitrogen and oxygen atoms in total. The minimum atomic E-state index is 0.844. The number of nitrogens with one attached hydrogen (secondary N) is 2. The van der Waals surface area contributed by atoms with Gasteiger partial charge in [-0.3, -0.25) is 0 Å². The van der Waals surface area contributed by atoms with Crippen LogP contribution in [0.4, 0.5) is 0 Å². The fourth-order valence-electron chi connectivity index (χ4n) is 17.6. The van der Waals surface area contributed by atoms with Gasteiger partial charge in [-0.15, -0.1) is 0 Å². The highest BCUT2D eigenvalue weighted by Gasteiger charge is 2.29. The van der Waals surface area contributed by atoms with Gasteiger partial charge in [0, 0.05) is 43.8 Å². The lowest BCUT2D eigenvalue weighted by Crippen LogP contribution is -1.98. The third-order valence-electron chi connectivity index (χ3n) is 23.8.